The Labute approximate surface area is 114 Å². The fourth-order valence-corrected chi connectivity index (χ4v) is 4.48. The molecular weight excluding hydrogens is 260 g/mol. The molecule has 4 rings (SSSR count). The summed E-state index contributed by atoms with van der Waals surface area (Å²) in [4.78, 5) is 8.29. The van der Waals surface area contributed by atoms with Gasteiger partial charge in [0, 0.05) is 27.1 Å². The van der Waals surface area contributed by atoms with Crippen LogP contribution in [0.15, 0.2) is 39.5 Å². The van der Waals surface area contributed by atoms with Crippen molar-refractivity contribution < 1.29 is 0 Å². The number of allylic oxidation sites excluding steroid dienone is 1. The Morgan fingerprint density at radius 1 is 1.28 bits per heavy atom. The second-order valence-electron chi connectivity index (χ2n) is 4.46. The minimum atomic E-state index is 0.929. The van der Waals surface area contributed by atoms with E-state index < -0.39 is 0 Å². The molecule has 0 aliphatic carbocycles. The molecule has 90 valence electrons. The van der Waals surface area contributed by atoms with E-state index in [1.54, 1.807) is 0 Å². The minimum absolute atomic E-state index is 0.929. The molecule has 3 heterocycles. The van der Waals surface area contributed by atoms with Crippen LogP contribution in [0.2, 0.25) is 0 Å². The number of rotatable bonds is 1. The zero-order chi connectivity index (χ0) is 12.1. The molecular formula is C14H12N2S2. The van der Waals surface area contributed by atoms with Gasteiger partial charge in [-0.1, -0.05) is 23.9 Å². The van der Waals surface area contributed by atoms with E-state index in [-0.39, 0.29) is 0 Å². The lowest BCUT2D eigenvalue weighted by atomic mass is 10.1. The molecule has 18 heavy (non-hydrogen) atoms. The van der Waals surface area contributed by atoms with Gasteiger partial charge in [-0.2, -0.15) is 0 Å². The van der Waals surface area contributed by atoms with Gasteiger partial charge in [0.1, 0.15) is 0 Å². The Hall–Kier alpha value is -1.26. The van der Waals surface area contributed by atoms with Crippen LogP contribution >= 0.6 is 23.1 Å². The van der Waals surface area contributed by atoms with Gasteiger partial charge in [-0.25, -0.2) is 0 Å². The molecule has 0 unspecified atom stereocenters. The summed E-state index contributed by atoms with van der Waals surface area (Å²) in [6.07, 6.45) is 0. The maximum atomic E-state index is 4.56. The number of benzene rings is 1. The van der Waals surface area contributed by atoms with Crippen LogP contribution in [0.1, 0.15) is 12.5 Å². The Bertz CT molecular complexity index is 697. The lowest BCUT2D eigenvalue weighted by Crippen LogP contribution is -2.20. The molecule has 2 aliphatic rings. The molecule has 0 amide bonds. The van der Waals surface area contributed by atoms with Crippen LogP contribution in [0.4, 0.5) is 0 Å². The van der Waals surface area contributed by atoms with Gasteiger partial charge in [0.25, 0.3) is 0 Å². The molecule has 0 spiro atoms. The van der Waals surface area contributed by atoms with E-state index in [1.165, 1.54) is 31.4 Å². The summed E-state index contributed by atoms with van der Waals surface area (Å²) < 4.78 is 1.36. The molecule has 2 aliphatic heterocycles. The van der Waals surface area contributed by atoms with Gasteiger partial charge >= 0.3 is 0 Å². The summed E-state index contributed by atoms with van der Waals surface area (Å²) in [5.41, 5.74) is 2.71. The van der Waals surface area contributed by atoms with Gasteiger partial charge in [0.05, 0.1) is 12.2 Å². The topological polar surface area (TPSA) is 15.6 Å². The number of fused-ring (bicyclic) bond motifs is 2. The number of thioether (sulfide) groups is 1. The second kappa shape index (κ2) is 3.87. The van der Waals surface area contributed by atoms with Crippen molar-refractivity contribution in [1.82, 2.24) is 4.90 Å². The monoisotopic (exact) mass is 272 g/mol. The molecule has 1 aromatic heterocycles. The molecule has 0 saturated heterocycles. The van der Waals surface area contributed by atoms with Crippen molar-refractivity contribution >= 4 is 44.0 Å². The molecule has 0 bridgehead atoms. The van der Waals surface area contributed by atoms with Crippen molar-refractivity contribution in [2.45, 2.75) is 6.92 Å². The fourth-order valence-electron chi connectivity index (χ4n) is 2.63. The Balaban J connectivity index is 1.95. The number of amidine groups is 1. The van der Waals surface area contributed by atoms with Gasteiger partial charge < -0.3 is 4.90 Å². The smallest absolute Gasteiger partial charge is 0.168 e. The Kier molecular flexibility index (Phi) is 2.29. The third-order valence-corrected chi connectivity index (χ3v) is 5.31. The molecule has 0 fully saturated rings. The van der Waals surface area contributed by atoms with Crippen LogP contribution in [0.5, 0.6) is 0 Å². The molecule has 1 aromatic carbocycles. The molecule has 4 heteroatoms. The third kappa shape index (κ3) is 1.39. The van der Waals surface area contributed by atoms with E-state index in [2.05, 4.69) is 46.5 Å². The SMILES string of the molecule is CC1=C(c2cccc3sccc23)N2CCN=C2S1. The van der Waals surface area contributed by atoms with Crippen molar-refractivity contribution in [3.8, 4) is 0 Å². The number of hydrogen-bond donors (Lipinski definition) is 0. The summed E-state index contributed by atoms with van der Waals surface area (Å²) in [6, 6.07) is 8.81. The number of hydrogen-bond acceptors (Lipinski definition) is 4. The van der Waals surface area contributed by atoms with E-state index in [4.69, 9.17) is 0 Å². The standard InChI is InChI=1S/C14H12N2S2/c1-9-13(16-7-6-15-14(16)18-9)11-3-2-4-12-10(11)5-8-17-12/h2-5,8H,6-7H2,1H3. The number of nitrogens with zero attached hydrogens (tertiary/aromatic N) is 2. The molecule has 0 radical (unpaired) electrons. The van der Waals surface area contributed by atoms with Crippen molar-refractivity contribution in [1.29, 1.82) is 0 Å². The first-order valence-electron chi connectivity index (χ1n) is 6.02. The van der Waals surface area contributed by atoms with Crippen LogP contribution in [-0.4, -0.2) is 23.2 Å². The molecule has 0 saturated carbocycles. The van der Waals surface area contributed by atoms with Gasteiger partial charge in [-0.3, -0.25) is 4.99 Å². The van der Waals surface area contributed by atoms with Crippen molar-refractivity contribution in [3.05, 3.63) is 40.1 Å². The summed E-state index contributed by atoms with van der Waals surface area (Å²) in [5, 5.41) is 4.71. The maximum absolute atomic E-state index is 4.56. The Morgan fingerprint density at radius 2 is 2.22 bits per heavy atom. The zero-order valence-electron chi connectivity index (χ0n) is 10.0. The summed E-state index contributed by atoms with van der Waals surface area (Å²) in [6.45, 7) is 4.15. The molecule has 2 aromatic rings. The highest BCUT2D eigenvalue weighted by Crippen LogP contribution is 2.43. The summed E-state index contributed by atoms with van der Waals surface area (Å²) in [7, 11) is 0. The highest BCUT2D eigenvalue weighted by Gasteiger charge is 2.31. The first-order chi connectivity index (χ1) is 8.84. The first-order valence-corrected chi connectivity index (χ1v) is 7.71. The lowest BCUT2D eigenvalue weighted by molar-refractivity contribution is 0.648. The van der Waals surface area contributed by atoms with Crippen LogP contribution in [0, 0.1) is 0 Å². The second-order valence-corrected chi connectivity index (χ2v) is 6.59. The van der Waals surface area contributed by atoms with Gasteiger partial charge in [0.15, 0.2) is 5.17 Å². The van der Waals surface area contributed by atoms with Crippen molar-refractivity contribution in [2.75, 3.05) is 13.1 Å². The molecule has 0 atom stereocenters. The lowest BCUT2D eigenvalue weighted by Gasteiger charge is -2.17. The highest BCUT2D eigenvalue weighted by molar-refractivity contribution is 8.17. The predicted molar refractivity (Wildman–Crippen MR) is 81.0 cm³/mol. The normalized spacial score (nSPS) is 18.7. The average Bonchev–Trinajstić information content (AvgIpc) is 3.02. The van der Waals surface area contributed by atoms with Crippen LogP contribution in [0.25, 0.3) is 15.8 Å². The number of thiophene rings is 1. The van der Waals surface area contributed by atoms with Crippen LogP contribution in [-0.2, 0) is 0 Å². The fraction of sp³-hybridized carbons (Fsp3) is 0.214. The van der Waals surface area contributed by atoms with E-state index in [9.17, 15) is 0 Å². The zero-order valence-corrected chi connectivity index (χ0v) is 11.6. The number of aliphatic imine (C=N–C) groups is 1. The largest absolute Gasteiger partial charge is 0.318 e. The van der Waals surface area contributed by atoms with Crippen molar-refractivity contribution in [3.63, 3.8) is 0 Å². The van der Waals surface area contributed by atoms with Gasteiger partial charge in [-0.05, 0) is 24.4 Å². The molecule has 0 N–H and O–H groups in total. The van der Waals surface area contributed by atoms with Crippen molar-refractivity contribution in [2.24, 2.45) is 4.99 Å². The van der Waals surface area contributed by atoms with Crippen LogP contribution in [0.3, 0.4) is 0 Å². The molecule has 2 nitrogen and oxygen atoms in total. The summed E-state index contributed by atoms with van der Waals surface area (Å²) >= 11 is 3.62. The highest BCUT2D eigenvalue weighted by atomic mass is 32.2. The van der Waals surface area contributed by atoms with E-state index in [0.29, 0.717) is 0 Å². The quantitative estimate of drug-likeness (QED) is 0.779. The van der Waals surface area contributed by atoms with Crippen LogP contribution < -0.4 is 0 Å². The minimum Gasteiger partial charge on any atom is -0.318 e. The Morgan fingerprint density at radius 3 is 3.17 bits per heavy atom. The van der Waals surface area contributed by atoms with E-state index in [1.807, 2.05) is 23.1 Å². The van der Waals surface area contributed by atoms with Gasteiger partial charge in [-0.15, -0.1) is 11.3 Å². The van der Waals surface area contributed by atoms with E-state index in [0.717, 1.165) is 13.1 Å². The average molecular weight is 272 g/mol. The third-order valence-electron chi connectivity index (χ3n) is 3.40. The first kappa shape index (κ1) is 10.6. The van der Waals surface area contributed by atoms with Gasteiger partial charge in [0.2, 0.25) is 0 Å². The maximum Gasteiger partial charge on any atom is 0.168 e. The predicted octanol–water partition coefficient (Wildman–Crippen LogP) is 4.01. The summed E-state index contributed by atoms with van der Waals surface area (Å²) in [5.74, 6) is 0. The van der Waals surface area contributed by atoms with E-state index >= 15 is 0 Å².